The summed E-state index contributed by atoms with van der Waals surface area (Å²) in [6, 6.07) is -0.437. The first-order valence-corrected chi connectivity index (χ1v) is 6.23. The van der Waals surface area contributed by atoms with Crippen LogP contribution in [0, 0.1) is 0 Å². The fraction of sp³-hybridized carbons (Fsp3) is 0.750. The third kappa shape index (κ3) is 4.01. The fourth-order valence-corrected chi connectivity index (χ4v) is 2.02. The molecule has 1 rings (SSSR count). The summed E-state index contributed by atoms with van der Waals surface area (Å²) >= 11 is 0. The molecule has 1 atom stereocenters. The Balaban J connectivity index is 2.52. The van der Waals surface area contributed by atoms with Gasteiger partial charge in [-0.2, -0.15) is 0 Å². The topological polar surface area (TPSA) is 86.7 Å². The molecule has 0 aromatic heterocycles. The molecule has 0 bridgehead atoms. The minimum Gasteiger partial charge on any atom is -0.481 e. The van der Waals surface area contributed by atoms with Gasteiger partial charge in [-0.3, -0.25) is 14.4 Å². The molecule has 0 unspecified atom stereocenters. The second-order valence-electron chi connectivity index (χ2n) is 4.78. The molecular formula is C12H20N2O4. The van der Waals surface area contributed by atoms with E-state index in [-0.39, 0.29) is 24.3 Å². The zero-order valence-electron chi connectivity index (χ0n) is 10.8. The number of carbonyl (C=O) groups is 3. The highest BCUT2D eigenvalue weighted by Gasteiger charge is 2.31. The number of carbonyl (C=O) groups excluding carboxylic acids is 2. The van der Waals surface area contributed by atoms with Gasteiger partial charge in [0.25, 0.3) is 0 Å². The van der Waals surface area contributed by atoms with Crippen molar-refractivity contribution < 1.29 is 19.5 Å². The first-order valence-electron chi connectivity index (χ1n) is 6.23. The van der Waals surface area contributed by atoms with Gasteiger partial charge in [-0.1, -0.05) is 0 Å². The Morgan fingerprint density at radius 1 is 1.50 bits per heavy atom. The number of carboxylic acid groups (broad SMARTS) is 1. The van der Waals surface area contributed by atoms with E-state index in [1.54, 1.807) is 4.90 Å². The van der Waals surface area contributed by atoms with Crippen molar-refractivity contribution in [2.45, 2.75) is 51.6 Å². The van der Waals surface area contributed by atoms with Crippen LogP contribution in [0.15, 0.2) is 0 Å². The molecule has 0 aliphatic carbocycles. The molecule has 1 fully saturated rings. The van der Waals surface area contributed by atoms with Gasteiger partial charge in [0.05, 0.1) is 0 Å². The van der Waals surface area contributed by atoms with Crippen LogP contribution in [0.4, 0.5) is 0 Å². The van der Waals surface area contributed by atoms with E-state index in [1.165, 1.54) is 0 Å². The Hall–Kier alpha value is -1.59. The summed E-state index contributed by atoms with van der Waals surface area (Å²) < 4.78 is 0. The number of hydrogen-bond acceptors (Lipinski definition) is 3. The van der Waals surface area contributed by atoms with E-state index in [1.807, 2.05) is 13.8 Å². The molecule has 1 aliphatic rings. The molecule has 0 saturated carbocycles. The zero-order chi connectivity index (χ0) is 13.7. The van der Waals surface area contributed by atoms with Gasteiger partial charge in [-0.15, -0.1) is 0 Å². The van der Waals surface area contributed by atoms with Crippen LogP contribution in [0.2, 0.25) is 0 Å². The summed E-state index contributed by atoms with van der Waals surface area (Å²) in [7, 11) is 0. The lowest BCUT2D eigenvalue weighted by Gasteiger charge is -2.29. The van der Waals surface area contributed by atoms with Gasteiger partial charge in [0.1, 0.15) is 6.04 Å². The second-order valence-corrected chi connectivity index (χ2v) is 4.78. The normalized spacial score (nSPS) is 18.8. The summed E-state index contributed by atoms with van der Waals surface area (Å²) in [6.07, 6.45) is 1.39. The molecule has 0 aromatic rings. The minimum atomic E-state index is -0.861. The lowest BCUT2D eigenvalue weighted by Crippen LogP contribution is -2.47. The van der Waals surface area contributed by atoms with E-state index in [4.69, 9.17) is 5.11 Å². The Bertz CT molecular complexity index is 341. The minimum absolute atomic E-state index is 0.00352. The SMILES string of the molecule is CC(C)N(CCCC(=O)O)C(=O)[C@@H]1CCC(=O)N1. The van der Waals surface area contributed by atoms with E-state index in [2.05, 4.69) is 5.32 Å². The highest BCUT2D eigenvalue weighted by molar-refractivity contribution is 5.90. The Labute approximate surface area is 106 Å². The van der Waals surface area contributed by atoms with Crippen molar-refractivity contribution in [3.8, 4) is 0 Å². The van der Waals surface area contributed by atoms with Crippen molar-refractivity contribution in [2.24, 2.45) is 0 Å². The summed E-state index contributed by atoms with van der Waals surface area (Å²) in [5.74, 6) is -1.07. The largest absolute Gasteiger partial charge is 0.481 e. The second kappa shape index (κ2) is 6.37. The summed E-state index contributed by atoms with van der Waals surface area (Å²) in [5.41, 5.74) is 0. The number of aliphatic carboxylic acids is 1. The third-order valence-corrected chi connectivity index (χ3v) is 2.99. The molecule has 2 N–H and O–H groups in total. The van der Waals surface area contributed by atoms with Crippen LogP contribution in [-0.2, 0) is 14.4 Å². The molecular weight excluding hydrogens is 236 g/mol. The smallest absolute Gasteiger partial charge is 0.303 e. The van der Waals surface area contributed by atoms with Gasteiger partial charge < -0.3 is 15.3 Å². The number of carboxylic acids is 1. The van der Waals surface area contributed by atoms with Gasteiger partial charge in [0, 0.05) is 25.4 Å². The van der Waals surface area contributed by atoms with Gasteiger partial charge in [0.2, 0.25) is 11.8 Å². The molecule has 2 amide bonds. The maximum absolute atomic E-state index is 12.2. The predicted octanol–water partition coefficient (Wildman–Crippen LogP) is 0.367. The lowest BCUT2D eigenvalue weighted by molar-refractivity contribution is -0.139. The average Bonchev–Trinajstić information content (AvgIpc) is 2.69. The van der Waals surface area contributed by atoms with Crippen LogP contribution in [0.1, 0.15) is 39.5 Å². The maximum atomic E-state index is 12.2. The van der Waals surface area contributed by atoms with Crippen LogP contribution >= 0.6 is 0 Å². The zero-order valence-corrected chi connectivity index (χ0v) is 10.8. The quantitative estimate of drug-likeness (QED) is 0.718. The van der Waals surface area contributed by atoms with Crippen LogP contribution in [0.3, 0.4) is 0 Å². The van der Waals surface area contributed by atoms with E-state index >= 15 is 0 Å². The van der Waals surface area contributed by atoms with Crippen molar-refractivity contribution in [3.05, 3.63) is 0 Å². The predicted molar refractivity (Wildman–Crippen MR) is 64.9 cm³/mol. The summed E-state index contributed by atoms with van der Waals surface area (Å²) in [4.78, 5) is 35.4. The highest BCUT2D eigenvalue weighted by atomic mass is 16.4. The van der Waals surface area contributed by atoms with E-state index < -0.39 is 12.0 Å². The highest BCUT2D eigenvalue weighted by Crippen LogP contribution is 2.12. The van der Waals surface area contributed by atoms with Crippen LogP contribution in [-0.4, -0.2) is 46.4 Å². The van der Waals surface area contributed by atoms with Gasteiger partial charge in [0.15, 0.2) is 0 Å². The average molecular weight is 256 g/mol. The molecule has 1 aliphatic heterocycles. The Morgan fingerprint density at radius 3 is 2.61 bits per heavy atom. The van der Waals surface area contributed by atoms with E-state index in [9.17, 15) is 14.4 Å². The molecule has 0 radical (unpaired) electrons. The number of rotatable bonds is 6. The number of nitrogens with one attached hydrogen (secondary N) is 1. The van der Waals surface area contributed by atoms with Gasteiger partial charge in [-0.05, 0) is 26.7 Å². The summed E-state index contributed by atoms with van der Waals surface area (Å²) in [5, 5.41) is 11.2. The fourth-order valence-electron chi connectivity index (χ4n) is 2.02. The number of nitrogens with zero attached hydrogens (tertiary/aromatic N) is 1. The molecule has 1 saturated heterocycles. The summed E-state index contributed by atoms with van der Waals surface area (Å²) in [6.45, 7) is 4.18. The third-order valence-electron chi connectivity index (χ3n) is 2.99. The molecule has 102 valence electrons. The molecule has 1 heterocycles. The van der Waals surface area contributed by atoms with Crippen LogP contribution < -0.4 is 5.32 Å². The van der Waals surface area contributed by atoms with Crippen LogP contribution in [0.5, 0.6) is 0 Å². The van der Waals surface area contributed by atoms with E-state index in [0.717, 1.165) is 0 Å². The molecule has 0 aromatic carbocycles. The van der Waals surface area contributed by atoms with E-state index in [0.29, 0.717) is 25.8 Å². The monoisotopic (exact) mass is 256 g/mol. The van der Waals surface area contributed by atoms with Gasteiger partial charge >= 0.3 is 5.97 Å². The number of hydrogen-bond donors (Lipinski definition) is 2. The van der Waals surface area contributed by atoms with Gasteiger partial charge in [-0.25, -0.2) is 0 Å². The lowest BCUT2D eigenvalue weighted by atomic mass is 10.1. The van der Waals surface area contributed by atoms with Crippen molar-refractivity contribution in [1.29, 1.82) is 0 Å². The van der Waals surface area contributed by atoms with Crippen molar-refractivity contribution in [3.63, 3.8) is 0 Å². The number of amides is 2. The van der Waals surface area contributed by atoms with Crippen LogP contribution in [0.25, 0.3) is 0 Å². The van der Waals surface area contributed by atoms with Crippen molar-refractivity contribution in [1.82, 2.24) is 10.2 Å². The standard InChI is InChI=1S/C12H20N2O4/c1-8(2)14(7-3-4-11(16)17)12(18)9-5-6-10(15)13-9/h8-9H,3-7H2,1-2H3,(H,13,15)(H,16,17)/t9-/m0/s1. The molecule has 6 nitrogen and oxygen atoms in total. The molecule has 18 heavy (non-hydrogen) atoms. The van der Waals surface area contributed by atoms with Crippen molar-refractivity contribution >= 4 is 17.8 Å². The first-order chi connectivity index (χ1) is 8.41. The first kappa shape index (κ1) is 14.5. The van der Waals surface area contributed by atoms with Crippen molar-refractivity contribution in [2.75, 3.05) is 6.54 Å². The molecule has 6 heteroatoms. The maximum Gasteiger partial charge on any atom is 0.303 e. The Morgan fingerprint density at radius 2 is 2.17 bits per heavy atom. The Kier molecular flexibility index (Phi) is 5.12. The molecule has 0 spiro atoms.